The van der Waals surface area contributed by atoms with Gasteiger partial charge in [0.15, 0.2) is 11.6 Å². The summed E-state index contributed by atoms with van der Waals surface area (Å²) in [5, 5.41) is 2.56. The van der Waals surface area contributed by atoms with Crippen molar-refractivity contribution < 1.29 is 18.3 Å². The summed E-state index contributed by atoms with van der Waals surface area (Å²) in [6.45, 7) is 0.307. The number of carbonyl (C=O) groups excluding carboxylic acids is 1. The van der Waals surface area contributed by atoms with Crippen LogP contribution in [0.4, 0.5) is 13.6 Å². The average Bonchev–Trinajstić information content (AvgIpc) is 2.61. The SMILES string of the molecule is COc1cc(F)c(C2CN(C)C(=O)N2)cc1F. The van der Waals surface area contributed by atoms with Crippen molar-refractivity contribution in [2.45, 2.75) is 6.04 Å². The van der Waals surface area contributed by atoms with Crippen LogP contribution in [0.15, 0.2) is 12.1 Å². The van der Waals surface area contributed by atoms with Crippen molar-refractivity contribution in [2.75, 3.05) is 20.7 Å². The molecule has 1 atom stereocenters. The molecule has 0 saturated carbocycles. The first-order chi connectivity index (χ1) is 8.02. The van der Waals surface area contributed by atoms with E-state index in [0.29, 0.717) is 6.54 Å². The van der Waals surface area contributed by atoms with Gasteiger partial charge in [0.2, 0.25) is 0 Å². The molecule has 0 aliphatic carbocycles. The Hall–Kier alpha value is -1.85. The normalized spacial score (nSPS) is 19.4. The number of likely N-dealkylation sites (N-methyl/N-ethyl adjacent to an activating group) is 1. The minimum atomic E-state index is -0.646. The Balaban J connectivity index is 2.34. The van der Waals surface area contributed by atoms with E-state index in [1.807, 2.05) is 0 Å². The van der Waals surface area contributed by atoms with E-state index in [1.165, 1.54) is 12.0 Å². The first-order valence-electron chi connectivity index (χ1n) is 5.07. The Bertz CT molecular complexity index is 465. The Morgan fingerprint density at radius 2 is 2.12 bits per heavy atom. The van der Waals surface area contributed by atoms with Crippen molar-refractivity contribution in [1.29, 1.82) is 0 Å². The van der Waals surface area contributed by atoms with Crippen LogP contribution in [-0.4, -0.2) is 31.6 Å². The first-order valence-corrected chi connectivity index (χ1v) is 5.07. The van der Waals surface area contributed by atoms with E-state index in [9.17, 15) is 13.6 Å². The summed E-state index contributed by atoms with van der Waals surface area (Å²) in [6.07, 6.45) is 0. The Morgan fingerprint density at radius 3 is 2.65 bits per heavy atom. The van der Waals surface area contributed by atoms with Gasteiger partial charge in [0.25, 0.3) is 0 Å². The van der Waals surface area contributed by atoms with Gasteiger partial charge in [0.1, 0.15) is 5.82 Å². The molecule has 1 aromatic carbocycles. The minimum Gasteiger partial charge on any atom is -0.494 e. The van der Waals surface area contributed by atoms with E-state index >= 15 is 0 Å². The number of methoxy groups -OCH3 is 1. The monoisotopic (exact) mass is 242 g/mol. The number of nitrogens with zero attached hydrogens (tertiary/aromatic N) is 1. The molecule has 17 heavy (non-hydrogen) atoms. The number of carbonyl (C=O) groups is 1. The van der Waals surface area contributed by atoms with Gasteiger partial charge in [-0.3, -0.25) is 0 Å². The molecule has 0 aromatic heterocycles. The molecular formula is C11H12F2N2O2. The molecule has 2 amide bonds. The third-order valence-electron chi connectivity index (χ3n) is 2.75. The molecule has 6 heteroatoms. The van der Waals surface area contributed by atoms with Crippen LogP contribution in [0, 0.1) is 11.6 Å². The summed E-state index contributed by atoms with van der Waals surface area (Å²) in [6, 6.07) is 1.20. The average molecular weight is 242 g/mol. The van der Waals surface area contributed by atoms with Gasteiger partial charge in [0, 0.05) is 25.2 Å². The number of halogens is 2. The second-order valence-electron chi connectivity index (χ2n) is 3.89. The largest absolute Gasteiger partial charge is 0.494 e. The number of urea groups is 1. The zero-order valence-electron chi connectivity index (χ0n) is 9.46. The Kier molecular flexibility index (Phi) is 2.87. The number of nitrogens with one attached hydrogen (secondary N) is 1. The zero-order valence-corrected chi connectivity index (χ0v) is 9.46. The van der Waals surface area contributed by atoms with Crippen molar-refractivity contribution in [3.63, 3.8) is 0 Å². The van der Waals surface area contributed by atoms with Gasteiger partial charge >= 0.3 is 6.03 Å². The van der Waals surface area contributed by atoms with Gasteiger partial charge in [-0.15, -0.1) is 0 Å². The highest BCUT2D eigenvalue weighted by Crippen LogP contribution is 2.27. The van der Waals surface area contributed by atoms with Crippen molar-refractivity contribution >= 4 is 6.03 Å². The van der Waals surface area contributed by atoms with E-state index < -0.39 is 17.7 Å². The fourth-order valence-electron chi connectivity index (χ4n) is 1.81. The number of rotatable bonds is 2. The zero-order chi connectivity index (χ0) is 12.6. The van der Waals surface area contributed by atoms with Gasteiger partial charge in [-0.25, -0.2) is 13.6 Å². The van der Waals surface area contributed by atoms with Crippen molar-refractivity contribution in [3.8, 4) is 5.75 Å². The van der Waals surface area contributed by atoms with E-state index in [-0.39, 0.29) is 17.3 Å². The van der Waals surface area contributed by atoms with Crippen LogP contribution in [0.1, 0.15) is 11.6 Å². The van der Waals surface area contributed by atoms with Crippen LogP contribution in [-0.2, 0) is 0 Å². The molecule has 1 aromatic rings. The molecule has 1 N–H and O–H groups in total. The minimum absolute atomic E-state index is 0.126. The van der Waals surface area contributed by atoms with Crippen LogP contribution in [0.25, 0.3) is 0 Å². The lowest BCUT2D eigenvalue weighted by Crippen LogP contribution is -2.24. The van der Waals surface area contributed by atoms with Crippen molar-refractivity contribution in [3.05, 3.63) is 29.3 Å². The standard InChI is InChI=1S/C11H12F2N2O2/c1-15-5-9(14-11(15)16)6-3-8(13)10(17-2)4-7(6)12/h3-4,9H,5H2,1-2H3,(H,14,16). The first kappa shape index (κ1) is 11.6. The fraction of sp³-hybridized carbons (Fsp3) is 0.364. The summed E-state index contributed by atoms with van der Waals surface area (Å²) in [7, 11) is 2.86. The van der Waals surface area contributed by atoms with Crippen molar-refractivity contribution in [1.82, 2.24) is 10.2 Å². The predicted molar refractivity (Wildman–Crippen MR) is 56.8 cm³/mol. The maximum Gasteiger partial charge on any atom is 0.317 e. The number of ether oxygens (including phenoxy) is 1. The third kappa shape index (κ3) is 2.02. The van der Waals surface area contributed by atoms with Gasteiger partial charge in [-0.2, -0.15) is 0 Å². The Labute approximate surface area is 97.2 Å². The summed E-state index contributed by atoms with van der Waals surface area (Å²) in [5.74, 6) is -1.39. The lowest BCUT2D eigenvalue weighted by Gasteiger charge is -2.12. The summed E-state index contributed by atoms with van der Waals surface area (Å²) >= 11 is 0. The predicted octanol–water partition coefficient (Wildman–Crippen LogP) is 1.67. The summed E-state index contributed by atoms with van der Waals surface area (Å²) < 4.78 is 31.8. The topological polar surface area (TPSA) is 41.6 Å². The van der Waals surface area contributed by atoms with Gasteiger partial charge in [0.05, 0.1) is 13.2 Å². The molecule has 1 heterocycles. The van der Waals surface area contributed by atoms with Crippen molar-refractivity contribution in [2.24, 2.45) is 0 Å². The van der Waals surface area contributed by atoms with E-state index in [4.69, 9.17) is 0 Å². The maximum absolute atomic E-state index is 13.7. The molecule has 0 spiro atoms. The highest BCUT2D eigenvalue weighted by atomic mass is 19.1. The number of benzene rings is 1. The lowest BCUT2D eigenvalue weighted by atomic mass is 10.1. The lowest BCUT2D eigenvalue weighted by molar-refractivity contribution is 0.226. The van der Waals surface area contributed by atoms with Crippen LogP contribution >= 0.6 is 0 Å². The molecule has 92 valence electrons. The number of hydrogen-bond donors (Lipinski definition) is 1. The second-order valence-corrected chi connectivity index (χ2v) is 3.89. The van der Waals surface area contributed by atoms with Crippen LogP contribution < -0.4 is 10.1 Å². The quantitative estimate of drug-likeness (QED) is 0.857. The molecule has 1 saturated heterocycles. The highest BCUT2D eigenvalue weighted by Gasteiger charge is 2.29. The van der Waals surface area contributed by atoms with E-state index in [0.717, 1.165) is 12.1 Å². The Morgan fingerprint density at radius 1 is 1.41 bits per heavy atom. The molecule has 0 radical (unpaired) electrons. The summed E-state index contributed by atoms with van der Waals surface area (Å²) in [4.78, 5) is 12.7. The number of amides is 2. The second kappa shape index (κ2) is 4.20. The molecule has 1 fully saturated rings. The number of hydrogen-bond acceptors (Lipinski definition) is 2. The fourth-order valence-corrected chi connectivity index (χ4v) is 1.81. The van der Waals surface area contributed by atoms with Crippen LogP contribution in [0.5, 0.6) is 5.75 Å². The maximum atomic E-state index is 13.7. The molecular weight excluding hydrogens is 230 g/mol. The highest BCUT2D eigenvalue weighted by molar-refractivity contribution is 5.76. The van der Waals surface area contributed by atoms with Crippen LogP contribution in [0.3, 0.4) is 0 Å². The van der Waals surface area contributed by atoms with Gasteiger partial charge < -0.3 is 15.0 Å². The molecule has 1 unspecified atom stereocenters. The van der Waals surface area contributed by atoms with Gasteiger partial charge in [-0.05, 0) is 6.07 Å². The third-order valence-corrected chi connectivity index (χ3v) is 2.75. The van der Waals surface area contributed by atoms with Gasteiger partial charge in [-0.1, -0.05) is 0 Å². The molecule has 1 aliphatic rings. The molecule has 0 bridgehead atoms. The molecule has 1 aliphatic heterocycles. The molecule has 2 rings (SSSR count). The summed E-state index contributed by atoms with van der Waals surface area (Å²) in [5.41, 5.74) is 0.126. The smallest absolute Gasteiger partial charge is 0.317 e. The molecule has 4 nitrogen and oxygen atoms in total. The van der Waals surface area contributed by atoms with E-state index in [2.05, 4.69) is 10.1 Å². The van der Waals surface area contributed by atoms with E-state index in [1.54, 1.807) is 7.05 Å². The van der Waals surface area contributed by atoms with Crippen LogP contribution in [0.2, 0.25) is 0 Å².